The lowest BCUT2D eigenvalue weighted by Gasteiger charge is -2.06. The molecule has 0 saturated carbocycles. The Hall–Kier alpha value is -1.72. The molecule has 21 heavy (non-hydrogen) atoms. The predicted octanol–water partition coefficient (Wildman–Crippen LogP) is 3.24. The summed E-state index contributed by atoms with van der Waals surface area (Å²) in [5.74, 6) is -0.831. The number of thiazole rings is 1. The molecule has 0 aliphatic rings. The Balaban J connectivity index is 2.43. The van der Waals surface area contributed by atoms with Gasteiger partial charge in [-0.1, -0.05) is 23.8 Å². The fourth-order valence-electron chi connectivity index (χ4n) is 2.24. The van der Waals surface area contributed by atoms with E-state index in [0.717, 1.165) is 26.7 Å². The predicted molar refractivity (Wildman–Crippen MR) is 83.9 cm³/mol. The second kappa shape index (κ2) is 6.83. The molecule has 0 aliphatic heterocycles. The second-order valence-electron chi connectivity index (χ2n) is 5.01. The summed E-state index contributed by atoms with van der Waals surface area (Å²) in [5, 5.41) is 10.0. The topological polar surface area (TPSA) is 59.4 Å². The third-order valence-electron chi connectivity index (χ3n) is 3.21. The molecule has 0 unspecified atom stereocenters. The number of ether oxygens (including phenoxy) is 1. The third-order valence-corrected chi connectivity index (χ3v) is 4.33. The first-order chi connectivity index (χ1) is 10.0. The van der Waals surface area contributed by atoms with Gasteiger partial charge in [-0.05, 0) is 19.4 Å². The highest BCUT2D eigenvalue weighted by atomic mass is 32.1. The van der Waals surface area contributed by atoms with E-state index >= 15 is 0 Å². The van der Waals surface area contributed by atoms with Crippen molar-refractivity contribution < 1.29 is 14.6 Å². The van der Waals surface area contributed by atoms with Crippen LogP contribution in [0.3, 0.4) is 0 Å². The molecule has 1 aromatic carbocycles. The number of aromatic nitrogens is 1. The van der Waals surface area contributed by atoms with E-state index in [9.17, 15) is 4.79 Å². The van der Waals surface area contributed by atoms with Crippen molar-refractivity contribution in [2.45, 2.75) is 26.7 Å². The van der Waals surface area contributed by atoms with Crippen LogP contribution in [0.15, 0.2) is 18.2 Å². The van der Waals surface area contributed by atoms with Gasteiger partial charge in [-0.3, -0.25) is 4.79 Å². The SMILES string of the molecule is COCCc1nc(-c2ccc(C)cc2C)c(CC(=O)O)s1. The molecule has 1 heterocycles. The molecule has 1 aromatic heterocycles. The van der Waals surface area contributed by atoms with Crippen LogP contribution in [0, 0.1) is 13.8 Å². The van der Waals surface area contributed by atoms with Crippen LogP contribution >= 0.6 is 11.3 Å². The number of carboxylic acids is 1. The summed E-state index contributed by atoms with van der Waals surface area (Å²) in [6.45, 7) is 4.66. The van der Waals surface area contributed by atoms with Crippen molar-refractivity contribution in [2.75, 3.05) is 13.7 Å². The molecule has 4 nitrogen and oxygen atoms in total. The van der Waals surface area contributed by atoms with Crippen molar-refractivity contribution in [1.29, 1.82) is 0 Å². The fourth-order valence-corrected chi connectivity index (χ4v) is 3.30. The van der Waals surface area contributed by atoms with Crippen molar-refractivity contribution in [2.24, 2.45) is 0 Å². The lowest BCUT2D eigenvalue weighted by atomic mass is 10.0. The zero-order valence-corrected chi connectivity index (χ0v) is 13.3. The van der Waals surface area contributed by atoms with Gasteiger partial charge in [0, 0.05) is 24.0 Å². The number of nitrogens with zero attached hydrogens (tertiary/aromatic N) is 1. The van der Waals surface area contributed by atoms with Crippen LogP contribution in [0.4, 0.5) is 0 Å². The summed E-state index contributed by atoms with van der Waals surface area (Å²) in [5.41, 5.74) is 4.11. The first-order valence-corrected chi connectivity index (χ1v) is 7.60. The Kier molecular flexibility index (Phi) is 5.09. The zero-order chi connectivity index (χ0) is 15.4. The Labute approximate surface area is 128 Å². The van der Waals surface area contributed by atoms with Crippen molar-refractivity contribution >= 4 is 17.3 Å². The number of rotatable bonds is 6. The minimum Gasteiger partial charge on any atom is -0.481 e. The van der Waals surface area contributed by atoms with E-state index in [-0.39, 0.29) is 6.42 Å². The van der Waals surface area contributed by atoms with E-state index in [0.29, 0.717) is 13.0 Å². The van der Waals surface area contributed by atoms with Gasteiger partial charge in [-0.15, -0.1) is 11.3 Å². The summed E-state index contributed by atoms with van der Waals surface area (Å²) in [4.78, 5) is 16.5. The number of carbonyl (C=O) groups is 1. The monoisotopic (exact) mass is 305 g/mol. The highest BCUT2D eigenvalue weighted by molar-refractivity contribution is 7.12. The molecular weight excluding hydrogens is 286 g/mol. The molecule has 112 valence electrons. The minimum atomic E-state index is -0.831. The van der Waals surface area contributed by atoms with Crippen molar-refractivity contribution in [3.8, 4) is 11.3 Å². The largest absolute Gasteiger partial charge is 0.481 e. The van der Waals surface area contributed by atoms with Crippen LogP contribution in [-0.2, 0) is 22.4 Å². The molecule has 0 bridgehead atoms. The summed E-state index contributed by atoms with van der Waals surface area (Å²) >= 11 is 1.46. The van der Waals surface area contributed by atoms with E-state index in [1.165, 1.54) is 16.9 Å². The number of benzene rings is 1. The first kappa shape index (κ1) is 15.7. The van der Waals surface area contributed by atoms with Gasteiger partial charge in [-0.2, -0.15) is 0 Å². The van der Waals surface area contributed by atoms with Crippen LogP contribution < -0.4 is 0 Å². The van der Waals surface area contributed by atoms with E-state index in [1.807, 2.05) is 26.0 Å². The minimum absolute atomic E-state index is 0.00724. The van der Waals surface area contributed by atoms with Gasteiger partial charge in [0.2, 0.25) is 0 Å². The molecule has 2 aromatic rings. The van der Waals surface area contributed by atoms with Gasteiger partial charge in [0.05, 0.1) is 23.7 Å². The van der Waals surface area contributed by atoms with Gasteiger partial charge >= 0.3 is 5.97 Å². The molecule has 2 rings (SSSR count). The summed E-state index contributed by atoms with van der Waals surface area (Å²) in [6, 6.07) is 6.14. The second-order valence-corrected chi connectivity index (χ2v) is 6.18. The summed E-state index contributed by atoms with van der Waals surface area (Å²) in [7, 11) is 1.65. The lowest BCUT2D eigenvalue weighted by Crippen LogP contribution is -2.00. The Morgan fingerprint density at radius 1 is 1.38 bits per heavy atom. The highest BCUT2D eigenvalue weighted by Gasteiger charge is 2.17. The number of carboxylic acid groups (broad SMARTS) is 1. The van der Waals surface area contributed by atoms with Crippen LogP contribution in [0.5, 0.6) is 0 Å². The molecule has 0 atom stereocenters. The van der Waals surface area contributed by atoms with Gasteiger partial charge in [0.15, 0.2) is 0 Å². The van der Waals surface area contributed by atoms with Crippen LogP contribution in [0.25, 0.3) is 11.3 Å². The van der Waals surface area contributed by atoms with E-state index < -0.39 is 5.97 Å². The molecular formula is C16H19NO3S. The van der Waals surface area contributed by atoms with Gasteiger partial charge in [0.1, 0.15) is 0 Å². The standard InChI is InChI=1S/C16H19NO3S/c1-10-4-5-12(11(2)8-10)16-13(9-15(18)19)21-14(17-16)6-7-20-3/h4-5,8H,6-7,9H2,1-3H3,(H,18,19). The average molecular weight is 305 g/mol. The molecule has 0 aliphatic carbocycles. The summed E-state index contributed by atoms with van der Waals surface area (Å²) < 4.78 is 5.07. The van der Waals surface area contributed by atoms with Gasteiger partial charge in [-0.25, -0.2) is 4.98 Å². The fraction of sp³-hybridized carbons (Fsp3) is 0.375. The van der Waals surface area contributed by atoms with Crippen molar-refractivity contribution in [3.05, 3.63) is 39.2 Å². The number of methoxy groups -OCH3 is 1. The van der Waals surface area contributed by atoms with Gasteiger partial charge < -0.3 is 9.84 Å². The maximum Gasteiger partial charge on any atom is 0.308 e. The number of aryl methyl sites for hydroxylation is 2. The van der Waals surface area contributed by atoms with Crippen LogP contribution in [0.2, 0.25) is 0 Å². The average Bonchev–Trinajstić information content (AvgIpc) is 2.78. The number of aliphatic carboxylic acids is 1. The molecule has 0 spiro atoms. The molecule has 0 fully saturated rings. The molecule has 1 N–H and O–H groups in total. The van der Waals surface area contributed by atoms with Gasteiger partial charge in [0.25, 0.3) is 0 Å². The molecule has 0 amide bonds. The van der Waals surface area contributed by atoms with Crippen molar-refractivity contribution in [3.63, 3.8) is 0 Å². The Bertz CT molecular complexity index is 649. The maximum atomic E-state index is 11.1. The Morgan fingerprint density at radius 3 is 2.76 bits per heavy atom. The molecule has 0 radical (unpaired) electrons. The number of hydrogen-bond acceptors (Lipinski definition) is 4. The quantitative estimate of drug-likeness (QED) is 0.890. The number of hydrogen-bond donors (Lipinski definition) is 1. The van der Waals surface area contributed by atoms with E-state index in [2.05, 4.69) is 11.1 Å². The lowest BCUT2D eigenvalue weighted by molar-refractivity contribution is -0.136. The zero-order valence-electron chi connectivity index (χ0n) is 12.5. The van der Waals surface area contributed by atoms with E-state index in [4.69, 9.17) is 9.84 Å². The third kappa shape index (κ3) is 3.89. The van der Waals surface area contributed by atoms with Crippen LogP contribution in [-0.4, -0.2) is 29.8 Å². The van der Waals surface area contributed by atoms with E-state index in [1.54, 1.807) is 7.11 Å². The normalized spacial score (nSPS) is 10.8. The maximum absolute atomic E-state index is 11.1. The van der Waals surface area contributed by atoms with Crippen molar-refractivity contribution in [1.82, 2.24) is 4.98 Å². The molecule has 0 saturated heterocycles. The summed E-state index contributed by atoms with van der Waals surface area (Å²) in [6.07, 6.45) is 0.714. The molecule has 5 heteroatoms. The van der Waals surface area contributed by atoms with Crippen LogP contribution in [0.1, 0.15) is 21.0 Å². The highest BCUT2D eigenvalue weighted by Crippen LogP contribution is 2.31. The Morgan fingerprint density at radius 2 is 2.14 bits per heavy atom. The smallest absolute Gasteiger partial charge is 0.308 e. The first-order valence-electron chi connectivity index (χ1n) is 6.78.